The maximum absolute atomic E-state index is 12.0. The molecule has 0 aromatic heterocycles. The van der Waals surface area contributed by atoms with Gasteiger partial charge in [0, 0.05) is 23.5 Å². The van der Waals surface area contributed by atoms with E-state index in [4.69, 9.17) is 68.8 Å². The Morgan fingerprint density at radius 1 is 0.526 bits per heavy atom. The Morgan fingerprint density at radius 2 is 0.912 bits per heavy atom. The molecule has 0 unspecified atom stereocenters. The molecule has 0 aliphatic rings. The number of nitrogens with two attached hydrogens (primary N) is 3. The van der Waals surface area contributed by atoms with Crippen LogP contribution >= 0.6 is 23.2 Å². The summed E-state index contributed by atoms with van der Waals surface area (Å²) in [6.45, 7) is 27.6. The Hall–Kier alpha value is -4.55. The molecular weight excluding hydrogens is 773 g/mol. The minimum atomic E-state index is -0.580. The summed E-state index contributed by atoms with van der Waals surface area (Å²) in [5.74, 6) is 0.153. The van der Waals surface area contributed by atoms with Crippen molar-refractivity contribution in [3.8, 4) is 17.2 Å². The zero-order chi connectivity index (χ0) is 43.5. The largest absolute Gasteiger partial charge is 0.491 e. The lowest BCUT2D eigenvalue weighted by molar-refractivity contribution is 0.00580. The van der Waals surface area contributed by atoms with E-state index in [9.17, 15) is 14.4 Å². The van der Waals surface area contributed by atoms with Crippen molar-refractivity contribution >= 4 is 58.2 Å². The molecule has 3 aromatic rings. The molecule has 0 aliphatic carbocycles. The first-order valence-corrected chi connectivity index (χ1v) is 18.9. The Labute approximate surface area is 349 Å². The van der Waals surface area contributed by atoms with Crippen LogP contribution in [0.25, 0.3) is 0 Å². The molecule has 0 spiro atoms. The van der Waals surface area contributed by atoms with Crippen LogP contribution in [-0.4, -0.2) is 53.0 Å². The summed E-state index contributed by atoms with van der Waals surface area (Å²) in [5.41, 5.74) is 17.5. The number of esters is 3. The highest BCUT2D eigenvalue weighted by Crippen LogP contribution is 2.35. The monoisotopic (exact) mass is 837 g/mol. The van der Waals surface area contributed by atoms with Crippen molar-refractivity contribution in [2.45, 2.75) is 146 Å². The second kappa shape index (κ2) is 21.8. The van der Waals surface area contributed by atoms with Gasteiger partial charge in [-0.1, -0.05) is 30.6 Å². The second-order valence-electron chi connectivity index (χ2n) is 16.5. The number of carbonyl (C=O) groups is 3. The van der Waals surface area contributed by atoms with Crippen LogP contribution in [0.4, 0.5) is 17.1 Å². The van der Waals surface area contributed by atoms with Crippen LogP contribution in [0.2, 0.25) is 10.0 Å². The van der Waals surface area contributed by atoms with E-state index in [1.54, 1.807) is 77.9 Å². The summed E-state index contributed by atoms with van der Waals surface area (Å²) < 4.78 is 32.3. The van der Waals surface area contributed by atoms with Crippen LogP contribution in [0.1, 0.15) is 142 Å². The quantitative estimate of drug-likeness (QED) is 0.105. The number of hydrogen-bond acceptors (Lipinski definition) is 12. The van der Waals surface area contributed by atoms with Crippen LogP contribution in [0, 0.1) is 0 Å². The average Bonchev–Trinajstić information content (AvgIpc) is 2.98. The number of benzene rings is 3. The number of halogens is 2. The van der Waals surface area contributed by atoms with Gasteiger partial charge >= 0.3 is 17.9 Å². The first-order valence-electron chi connectivity index (χ1n) is 18.2. The Balaban J connectivity index is 0.000000818. The normalized spacial score (nSPS) is 11.3. The maximum Gasteiger partial charge on any atom is 0.340 e. The Bertz CT molecular complexity index is 1770. The Morgan fingerprint density at radius 3 is 1.33 bits per heavy atom. The van der Waals surface area contributed by atoms with E-state index >= 15 is 0 Å². The molecule has 0 saturated heterocycles. The highest BCUT2D eigenvalue weighted by Gasteiger charge is 2.24. The molecule has 14 heteroatoms. The van der Waals surface area contributed by atoms with Gasteiger partial charge < -0.3 is 45.6 Å². The summed E-state index contributed by atoms with van der Waals surface area (Å²) in [4.78, 5) is 35.8. The van der Waals surface area contributed by atoms with Crippen molar-refractivity contribution in [2.75, 3.05) is 17.2 Å². The van der Waals surface area contributed by atoms with Gasteiger partial charge in [0.05, 0.1) is 45.7 Å². The summed E-state index contributed by atoms with van der Waals surface area (Å²) in [6.07, 6.45) is 0.0188. The van der Waals surface area contributed by atoms with E-state index in [0.29, 0.717) is 33.5 Å². The third-order valence-electron chi connectivity index (χ3n) is 6.22. The molecule has 6 N–H and O–H groups in total. The fraction of sp³-hybridized carbons (Fsp3) is 0.512. The molecule has 0 bridgehead atoms. The predicted molar refractivity (Wildman–Crippen MR) is 232 cm³/mol. The van der Waals surface area contributed by atoms with Crippen molar-refractivity contribution in [1.29, 1.82) is 0 Å². The van der Waals surface area contributed by atoms with Crippen molar-refractivity contribution in [3.05, 3.63) is 69.2 Å². The zero-order valence-electron chi connectivity index (χ0n) is 35.4. The van der Waals surface area contributed by atoms with E-state index in [0.717, 1.165) is 0 Å². The number of carbonyl (C=O) groups excluding carboxylic acids is 3. The van der Waals surface area contributed by atoms with Gasteiger partial charge in [0.15, 0.2) is 0 Å². The lowest BCUT2D eigenvalue weighted by atomic mass is 10.1. The molecule has 0 amide bonds. The molecule has 12 nitrogen and oxygen atoms in total. The minimum Gasteiger partial charge on any atom is -0.491 e. The molecule has 0 saturated carbocycles. The highest BCUT2D eigenvalue weighted by atomic mass is 35.5. The van der Waals surface area contributed by atoms with Crippen molar-refractivity contribution in [2.24, 2.45) is 0 Å². The molecule has 0 atom stereocenters. The van der Waals surface area contributed by atoms with Crippen LogP contribution in [0.15, 0.2) is 42.5 Å². The Kier molecular flexibility index (Phi) is 20.1. The van der Waals surface area contributed by atoms with Gasteiger partial charge in [-0.05, 0) is 134 Å². The van der Waals surface area contributed by atoms with Crippen LogP contribution in [0.5, 0.6) is 17.2 Å². The smallest absolute Gasteiger partial charge is 0.340 e. The number of ether oxygens (including phenoxy) is 6. The van der Waals surface area contributed by atoms with Gasteiger partial charge in [0.25, 0.3) is 0 Å². The summed E-state index contributed by atoms with van der Waals surface area (Å²) in [7, 11) is 0. The molecule has 0 heterocycles. The zero-order valence-corrected chi connectivity index (χ0v) is 36.9. The predicted octanol–water partition coefficient (Wildman–Crippen LogP) is 11.0. The molecule has 0 aliphatic heterocycles. The lowest BCUT2D eigenvalue weighted by Crippen LogP contribution is -2.24. The molecule has 57 heavy (non-hydrogen) atoms. The molecule has 3 aromatic carbocycles. The first-order chi connectivity index (χ1) is 25.4. The van der Waals surface area contributed by atoms with Crippen molar-refractivity contribution < 1.29 is 42.8 Å². The standard InChI is InChI=1S/2C14H20ClNO3.C14H21NO3.CH4/c1-8(2)18-12-7-11(16)9(6-10(12)15)13(17)19-14(3,4)5;1-8(2)18-10-7-6-9(12(16)11(10)15)13(17)19-14(3,4)5;1-9(2)17-10-6-7-11(12(15)8-10)13(16)18-14(3,4)5;/h2*6-8H,16H2,1-5H3;6-9H,15H2,1-5H3;1H4. The van der Waals surface area contributed by atoms with Gasteiger partial charge in [-0.15, -0.1) is 0 Å². The number of hydrogen-bond donors (Lipinski definition) is 3. The highest BCUT2D eigenvalue weighted by molar-refractivity contribution is 6.35. The molecule has 3 rings (SSSR count). The topological polar surface area (TPSA) is 185 Å². The van der Waals surface area contributed by atoms with E-state index in [1.165, 1.54) is 6.07 Å². The maximum atomic E-state index is 12.0. The van der Waals surface area contributed by atoms with Crippen LogP contribution in [-0.2, 0) is 14.2 Å². The third kappa shape index (κ3) is 19.4. The summed E-state index contributed by atoms with van der Waals surface area (Å²) in [6, 6.07) is 11.2. The number of anilines is 3. The lowest BCUT2D eigenvalue weighted by Gasteiger charge is -2.21. The number of rotatable bonds is 9. The fourth-order valence-electron chi connectivity index (χ4n) is 4.26. The van der Waals surface area contributed by atoms with E-state index < -0.39 is 34.7 Å². The average molecular weight is 839 g/mol. The summed E-state index contributed by atoms with van der Waals surface area (Å²) >= 11 is 12.2. The first kappa shape index (κ1) is 52.5. The third-order valence-corrected chi connectivity index (χ3v) is 6.91. The SMILES string of the molecule is C.CC(C)Oc1cc(N)c(C(=O)OC(C)(C)C)cc1Cl.CC(C)Oc1ccc(C(=O)OC(C)(C)C)c(N)c1.CC(C)Oc1ccc(C(=O)OC(C)(C)C)c(N)c1Cl. The fourth-order valence-corrected chi connectivity index (χ4v) is 4.67. The van der Waals surface area contributed by atoms with Gasteiger partial charge in [0.2, 0.25) is 0 Å². The molecule has 320 valence electrons. The van der Waals surface area contributed by atoms with Crippen LogP contribution in [0.3, 0.4) is 0 Å². The number of nitrogen functional groups attached to an aromatic ring is 3. The van der Waals surface area contributed by atoms with Crippen molar-refractivity contribution in [3.63, 3.8) is 0 Å². The van der Waals surface area contributed by atoms with Gasteiger partial charge in [-0.2, -0.15) is 0 Å². The van der Waals surface area contributed by atoms with Gasteiger partial charge in [-0.3, -0.25) is 0 Å². The second-order valence-corrected chi connectivity index (χ2v) is 17.2. The van der Waals surface area contributed by atoms with Gasteiger partial charge in [0.1, 0.15) is 39.1 Å². The van der Waals surface area contributed by atoms with Crippen molar-refractivity contribution in [1.82, 2.24) is 0 Å². The summed E-state index contributed by atoms with van der Waals surface area (Å²) in [5, 5.41) is 0.570. The van der Waals surface area contributed by atoms with E-state index in [2.05, 4.69) is 0 Å². The van der Waals surface area contributed by atoms with E-state index in [1.807, 2.05) is 62.3 Å². The minimum absolute atomic E-state index is 0. The van der Waals surface area contributed by atoms with Crippen LogP contribution < -0.4 is 31.4 Å². The van der Waals surface area contributed by atoms with Gasteiger partial charge in [-0.25, -0.2) is 14.4 Å². The molecular formula is C43H65Cl2N3O9. The molecule has 0 fully saturated rings. The molecule has 0 radical (unpaired) electrons. The van der Waals surface area contributed by atoms with E-state index in [-0.39, 0.29) is 53.3 Å².